The lowest BCUT2D eigenvalue weighted by Crippen LogP contribution is -2.40. The summed E-state index contributed by atoms with van der Waals surface area (Å²) in [5.74, 6) is -1.55. The van der Waals surface area contributed by atoms with Gasteiger partial charge in [0.1, 0.15) is 18.1 Å². The molecule has 2 aromatic carbocycles. The summed E-state index contributed by atoms with van der Waals surface area (Å²) >= 11 is 3.45. The Kier molecular flexibility index (Phi) is 4.79. The van der Waals surface area contributed by atoms with Crippen molar-refractivity contribution in [3.63, 3.8) is 0 Å². The number of amides is 1. The first-order chi connectivity index (χ1) is 14.5. The smallest absolute Gasteiger partial charge is 0.313 e. The first-order valence-corrected chi connectivity index (χ1v) is 10.9. The summed E-state index contributed by atoms with van der Waals surface area (Å²) in [4.78, 5) is 28.2. The van der Waals surface area contributed by atoms with Crippen LogP contribution in [0.2, 0.25) is 0 Å². The standard InChI is InChI=1S/C24H22BrNO4/c1-15(17-7-9-18(25)10-8-17)26-14-24-12-11-19(30-24)20(21(24)22(26)27)23(28)29-13-16-5-3-2-4-6-16/h2-12,15,19-21H,13-14H2,1H3/t15-,19+,20-,21-,24+/m0/s1. The monoisotopic (exact) mass is 467 g/mol. The number of rotatable bonds is 5. The topological polar surface area (TPSA) is 55.8 Å². The number of carbonyl (C=O) groups excluding carboxylic acids is 2. The van der Waals surface area contributed by atoms with Crippen molar-refractivity contribution in [2.24, 2.45) is 11.8 Å². The van der Waals surface area contributed by atoms with Crippen LogP contribution in [0.5, 0.6) is 0 Å². The molecule has 0 aliphatic carbocycles. The van der Waals surface area contributed by atoms with E-state index in [2.05, 4.69) is 15.9 Å². The second kappa shape index (κ2) is 7.36. The molecule has 3 aliphatic rings. The maximum Gasteiger partial charge on any atom is 0.313 e. The lowest BCUT2D eigenvalue weighted by atomic mass is 9.77. The molecule has 3 aliphatic heterocycles. The molecule has 5 nitrogen and oxygen atoms in total. The van der Waals surface area contributed by atoms with E-state index in [-0.39, 0.29) is 24.5 Å². The molecule has 1 spiro atoms. The zero-order valence-electron chi connectivity index (χ0n) is 16.5. The molecule has 2 bridgehead atoms. The molecular weight excluding hydrogens is 446 g/mol. The second-order valence-electron chi connectivity index (χ2n) is 8.19. The molecule has 3 heterocycles. The van der Waals surface area contributed by atoms with Crippen LogP contribution in [0.1, 0.15) is 24.1 Å². The number of ether oxygens (including phenoxy) is 2. The second-order valence-corrected chi connectivity index (χ2v) is 9.10. The van der Waals surface area contributed by atoms with Crippen LogP contribution in [-0.4, -0.2) is 35.0 Å². The summed E-state index contributed by atoms with van der Waals surface area (Å²) in [5.41, 5.74) is 1.23. The van der Waals surface area contributed by atoms with Crippen molar-refractivity contribution in [2.45, 2.75) is 31.3 Å². The van der Waals surface area contributed by atoms with Gasteiger partial charge in [0.25, 0.3) is 0 Å². The Bertz CT molecular complexity index is 1010. The summed E-state index contributed by atoms with van der Waals surface area (Å²) < 4.78 is 12.8. The summed E-state index contributed by atoms with van der Waals surface area (Å²) in [6.07, 6.45) is 3.48. The minimum Gasteiger partial charge on any atom is -0.460 e. The number of hydrogen-bond donors (Lipinski definition) is 0. The number of carbonyl (C=O) groups is 2. The molecule has 0 unspecified atom stereocenters. The van der Waals surface area contributed by atoms with Crippen molar-refractivity contribution in [1.82, 2.24) is 4.90 Å². The highest BCUT2D eigenvalue weighted by Gasteiger charge is 2.67. The molecule has 2 aromatic rings. The van der Waals surface area contributed by atoms with Crippen molar-refractivity contribution in [3.05, 3.63) is 82.3 Å². The highest BCUT2D eigenvalue weighted by molar-refractivity contribution is 9.10. The molecular formula is C24H22BrNO4. The third-order valence-electron chi connectivity index (χ3n) is 6.45. The number of halogens is 1. The average Bonchev–Trinajstić information content (AvgIpc) is 3.41. The van der Waals surface area contributed by atoms with Gasteiger partial charge < -0.3 is 14.4 Å². The Balaban J connectivity index is 1.35. The van der Waals surface area contributed by atoms with Gasteiger partial charge in [-0.25, -0.2) is 0 Å². The van der Waals surface area contributed by atoms with Crippen molar-refractivity contribution in [2.75, 3.05) is 6.54 Å². The fraction of sp³-hybridized carbons (Fsp3) is 0.333. The van der Waals surface area contributed by atoms with Crippen LogP contribution in [0.3, 0.4) is 0 Å². The lowest BCUT2D eigenvalue weighted by Gasteiger charge is -2.27. The first kappa shape index (κ1) is 19.5. The average molecular weight is 468 g/mol. The van der Waals surface area contributed by atoms with Gasteiger partial charge in [-0.15, -0.1) is 0 Å². The predicted molar refractivity (Wildman–Crippen MR) is 114 cm³/mol. The molecule has 0 saturated carbocycles. The SMILES string of the molecule is C[C@@H](c1ccc(Br)cc1)N1C[C@@]23C=C[C@@H](O2)[C@H](C(=O)OCc2ccccc2)[C@H]3C1=O. The molecule has 1 amide bonds. The van der Waals surface area contributed by atoms with Crippen LogP contribution < -0.4 is 0 Å². The van der Waals surface area contributed by atoms with Gasteiger partial charge >= 0.3 is 5.97 Å². The number of esters is 1. The predicted octanol–water partition coefficient (Wildman–Crippen LogP) is 4.04. The maximum atomic E-state index is 13.4. The summed E-state index contributed by atoms with van der Waals surface area (Å²) in [6.45, 7) is 2.65. The van der Waals surface area contributed by atoms with Gasteiger partial charge in [0.2, 0.25) is 5.91 Å². The van der Waals surface area contributed by atoms with Gasteiger partial charge in [0.15, 0.2) is 0 Å². The van der Waals surface area contributed by atoms with Crippen LogP contribution >= 0.6 is 15.9 Å². The zero-order chi connectivity index (χ0) is 20.9. The van der Waals surface area contributed by atoms with Gasteiger partial charge in [0.05, 0.1) is 24.6 Å². The third kappa shape index (κ3) is 3.10. The molecule has 30 heavy (non-hydrogen) atoms. The number of fused-ring (bicyclic) bond motifs is 1. The fourth-order valence-corrected chi connectivity index (χ4v) is 5.14. The van der Waals surface area contributed by atoms with Gasteiger partial charge in [-0.05, 0) is 30.2 Å². The largest absolute Gasteiger partial charge is 0.460 e. The van der Waals surface area contributed by atoms with E-state index in [1.807, 2.05) is 78.6 Å². The number of nitrogens with zero attached hydrogens (tertiary/aromatic N) is 1. The number of likely N-dealkylation sites (tertiary alicyclic amines) is 1. The normalized spacial score (nSPS) is 29.9. The van der Waals surface area contributed by atoms with E-state index in [0.717, 1.165) is 15.6 Å². The van der Waals surface area contributed by atoms with Gasteiger partial charge in [-0.2, -0.15) is 0 Å². The minimum atomic E-state index is -0.734. The lowest BCUT2D eigenvalue weighted by molar-refractivity contribution is -0.155. The molecule has 154 valence electrons. The van der Waals surface area contributed by atoms with Crippen molar-refractivity contribution < 1.29 is 19.1 Å². The van der Waals surface area contributed by atoms with Crippen molar-refractivity contribution in [3.8, 4) is 0 Å². The van der Waals surface area contributed by atoms with E-state index in [4.69, 9.17) is 9.47 Å². The van der Waals surface area contributed by atoms with Crippen molar-refractivity contribution >= 4 is 27.8 Å². The fourth-order valence-electron chi connectivity index (χ4n) is 4.87. The Morgan fingerprint density at radius 1 is 1.23 bits per heavy atom. The first-order valence-electron chi connectivity index (χ1n) is 10.1. The van der Waals surface area contributed by atoms with Crippen LogP contribution in [0.4, 0.5) is 0 Å². The van der Waals surface area contributed by atoms with E-state index < -0.39 is 23.5 Å². The molecule has 2 saturated heterocycles. The highest BCUT2D eigenvalue weighted by Crippen LogP contribution is 2.53. The highest BCUT2D eigenvalue weighted by atomic mass is 79.9. The minimum absolute atomic E-state index is 0.0427. The van der Waals surface area contributed by atoms with Crippen LogP contribution in [0.25, 0.3) is 0 Å². The van der Waals surface area contributed by atoms with E-state index in [1.54, 1.807) is 0 Å². The molecule has 6 heteroatoms. The molecule has 2 fully saturated rings. The molecule has 5 rings (SSSR count). The van der Waals surface area contributed by atoms with Crippen molar-refractivity contribution in [1.29, 1.82) is 0 Å². The Hall–Kier alpha value is -2.44. The van der Waals surface area contributed by atoms with Crippen LogP contribution in [-0.2, 0) is 25.7 Å². The van der Waals surface area contributed by atoms with E-state index in [1.165, 1.54) is 0 Å². The summed E-state index contributed by atoms with van der Waals surface area (Å²) in [5, 5.41) is 0. The van der Waals surface area contributed by atoms with E-state index in [0.29, 0.717) is 6.54 Å². The number of hydrogen-bond acceptors (Lipinski definition) is 4. The molecule has 5 atom stereocenters. The molecule has 0 radical (unpaired) electrons. The quantitative estimate of drug-likeness (QED) is 0.491. The Morgan fingerprint density at radius 2 is 1.97 bits per heavy atom. The van der Waals surface area contributed by atoms with E-state index >= 15 is 0 Å². The Morgan fingerprint density at radius 3 is 2.70 bits per heavy atom. The number of benzene rings is 2. The van der Waals surface area contributed by atoms with Crippen LogP contribution in [0.15, 0.2) is 71.2 Å². The Labute approximate surface area is 183 Å². The van der Waals surface area contributed by atoms with Crippen LogP contribution in [0, 0.1) is 11.8 Å². The van der Waals surface area contributed by atoms with Gasteiger partial charge in [0, 0.05) is 4.47 Å². The third-order valence-corrected chi connectivity index (χ3v) is 6.97. The van der Waals surface area contributed by atoms with E-state index in [9.17, 15) is 9.59 Å². The zero-order valence-corrected chi connectivity index (χ0v) is 18.1. The summed E-state index contributed by atoms with van der Waals surface area (Å²) in [7, 11) is 0. The summed E-state index contributed by atoms with van der Waals surface area (Å²) in [6, 6.07) is 17.4. The van der Waals surface area contributed by atoms with Gasteiger partial charge in [-0.1, -0.05) is 70.5 Å². The van der Waals surface area contributed by atoms with Gasteiger partial charge in [-0.3, -0.25) is 9.59 Å². The maximum absolute atomic E-state index is 13.4. The molecule has 0 aromatic heterocycles. The molecule has 0 N–H and O–H groups in total.